The predicted molar refractivity (Wildman–Crippen MR) is 107 cm³/mol. The van der Waals surface area contributed by atoms with Crippen LogP contribution in [0.2, 0.25) is 5.02 Å². The summed E-state index contributed by atoms with van der Waals surface area (Å²) in [5.74, 6) is 1.24. The first-order chi connectivity index (χ1) is 13.6. The van der Waals surface area contributed by atoms with Gasteiger partial charge < -0.3 is 10.1 Å². The van der Waals surface area contributed by atoms with Gasteiger partial charge in [0, 0.05) is 6.54 Å². The fourth-order valence-corrected chi connectivity index (χ4v) is 6.98. The lowest BCUT2D eigenvalue weighted by molar-refractivity contribution is -0.126. The molecule has 1 aromatic rings. The van der Waals surface area contributed by atoms with Crippen LogP contribution in [0.15, 0.2) is 23.1 Å². The van der Waals surface area contributed by atoms with Crippen LogP contribution >= 0.6 is 11.6 Å². The second kappa shape index (κ2) is 7.56. The Labute approximate surface area is 175 Å². The van der Waals surface area contributed by atoms with Crippen LogP contribution in [0.5, 0.6) is 0 Å². The zero-order valence-corrected chi connectivity index (χ0v) is 17.6. The second-order valence-corrected chi connectivity index (χ2v) is 10.9. The lowest BCUT2D eigenvalue weighted by Crippen LogP contribution is -2.51. The Hall–Kier alpha value is -1.64. The maximum atomic E-state index is 12.2. The van der Waals surface area contributed by atoms with Crippen LogP contribution in [0.25, 0.3) is 0 Å². The van der Waals surface area contributed by atoms with Crippen molar-refractivity contribution in [3.63, 3.8) is 0 Å². The Bertz CT molecular complexity index is 911. The minimum Gasteiger partial charge on any atom is -0.452 e. The molecule has 0 spiro atoms. The van der Waals surface area contributed by atoms with E-state index in [1.54, 1.807) is 0 Å². The van der Waals surface area contributed by atoms with Crippen LogP contribution in [0, 0.1) is 23.2 Å². The van der Waals surface area contributed by atoms with Crippen LogP contribution < -0.4 is 10.5 Å². The largest absolute Gasteiger partial charge is 0.452 e. The molecule has 0 unspecified atom stereocenters. The Morgan fingerprint density at radius 2 is 1.72 bits per heavy atom. The monoisotopic (exact) mass is 440 g/mol. The third kappa shape index (κ3) is 4.44. The molecule has 4 aliphatic rings. The zero-order chi connectivity index (χ0) is 20.8. The number of ether oxygens (including phenoxy) is 1. The average molecular weight is 441 g/mol. The molecule has 4 aliphatic carbocycles. The molecule has 0 aromatic heterocycles. The molecule has 4 fully saturated rings. The number of carbonyl (C=O) groups is 2. The summed E-state index contributed by atoms with van der Waals surface area (Å²) in [7, 11) is -4.07. The highest BCUT2D eigenvalue weighted by atomic mass is 35.5. The van der Waals surface area contributed by atoms with Gasteiger partial charge in [0.25, 0.3) is 5.91 Å². The van der Waals surface area contributed by atoms with E-state index in [1.165, 1.54) is 50.7 Å². The van der Waals surface area contributed by atoms with Crippen molar-refractivity contribution < 1.29 is 22.7 Å². The number of nitrogens with two attached hydrogens (primary N) is 1. The number of benzene rings is 1. The van der Waals surface area contributed by atoms with E-state index in [0.717, 1.165) is 23.8 Å². The van der Waals surface area contributed by atoms with Gasteiger partial charge in [-0.25, -0.2) is 18.4 Å². The average Bonchev–Trinajstić information content (AvgIpc) is 2.63. The van der Waals surface area contributed by atoms with E-state index in [2.05, 4.69) is 5.32 Å². The minimum atomic E-state index is -4.07. The van der Waals surface area contributed by atoms with Crippen LogP contribution in [0.4, 0.5) is 0 Å². The van der Waals surface area contributed by atoms with Crippen molar-refractivity contribution in [3.05, 3.63) is 28.8 Å². The number of primary sulfonamides is 1. The highest BCUT2D eigenvalue weighted by Crippen LogP contribution is 2.59. The maximum absolute atomic E-state index is 12.2. The van der Waals surface area contributed by atoms with E-state index in [4.69, 9.17) is 21.5 Å². The van der Waals surface area contributed by atoms with Gasteiger partial charge >= 0.3 is 5.97 Å². The van der Waals surface area contributed by atoms with E-state index < -0.39 is 22.6 Å². The number of halogens is 1. The molecule has 0 radical (unpaired) electrons. The molecule has 0 heterocycles. The SMILES string of the molecule is NS(=O)(=O)c1cc(C(=O)OCC(=O)NCC23CC4CC(CC(C4)C2)C3)ccc1Cl. The van der Waals surface area contributed by atoms with E-state index >= 15 is 0 Å². The molecular formula is C20H25ClN2O5S. The van der Waals surface area contributed by atoms with Gasteiger partial charge in [0.1, 0.15) is 4.90 Å². The normalized spacial score (nSPS) is 30.2. The molecule has 3 N–H and O–H groups in total. The van der Waals surface area contributed by atoms with E-state index in [9.17, 15) is 18.0 Å². The van der Waals surface area contributed by atoms with Crippen molar-refractivity contribution in [1.29, 1.82) is 0 Å². The lowest BCUT2D eigenvalue weighted by atomic mass is 9.49. The smallest absolute Gasteiger partial charge is 0.338 e. The molecule has 0 saturated heterocycles. The van der Waals surface area contributed by atoms with E-state index in [-0.39, 0.29) is 26.8 Å². The molecule has 9 heteroatoms. The Morgan fingerprint density at radius 3 is 2.28 bits per heavy atom. The molecule has 5 rings (SSSR count). The standard InChI is InChI=1S/C20H25ClN2O5S/c21-16-2-1-15(6-17(16)29(22,26)27)19(25)28-10-18(24)23-11-20-7-12-3-13(8-20)5-14(4-12)9-20/h1-2,6,12-14H,3-5,7-11H2,(H,23,24)(H2,22,26,27). The van der Waals surface area contributed by atoms with Gasteiger partial charge in [0.2, 0.25) is 10.0 Å². The van der Waals surface area contributed by atoms with Crippen LogP contribution in [0.1, 0.15) is 48.9 Å². The molecule has 0 atom stereocenters. The van der Waals surface area contributed by atoms with Crippen molar-refractivity contribution >= 4 is 33.5 Å². The van der Waals surface area contributed by atoms with E-state index in [1.807, 2.05) is 0 Å². The van der Waals surface area contributed by atoms with Gasteiger partial charge in [-0.05, 0) is 79.9 Å². The minimum absolute atomic E-state index is 0.0349. The van der Waals surface area contributed by atoms with Gasteiger partial charge in [0.15, 0.2) is 6.61 Å². The van der Waals surface area contributed by atoms with Crippen LogP contribution in [0.3, 0.4) is 0 Å². The number of nitrogens with one attached hydrogen (secondary N) is 1. The summed E-state index contributed by atoms with van der Waals surface area (Å²) in [4.78, 5) is 24.1. The molecule has 0 aliphatic heterocycles. The number of amides is 1. The summed E-state index contributed by atoms with van der Waals surface area (Å²) < 4.78 is 28.1. The van der Waals surface area contributed by atoms with Crippen LogP contribution in [-0.4, -0.2) is 33.4 Å². The highest BCUT2D eigenvalue weighted by Gasteiger charge is 2.50. The molecule has 4 bridgehead atoms. The molecule has 4 saturated carbocycles. The summed E-state index contributed by atoms with van der Waals surface area (Å²) in [6.07, 6.45) is 7.56. The second-order valence-electron chi connectivity index (χ2n) is 8.96. The predicted octanol–water partition coefficient (Wildman–Crippen LogP) is 2.48. The first-order valence-corrected chi connectivity index (χ1v) is 11.8. The number of hydrogen-bond acceptors (Lipinski definition) is 5. The molecular weight excluding hydrogens is 416 g/mol. The highest BCUT2D eigenvalue weighted by molar-refractivity contribution is 7.89. The van der Waals surface area contributed by atoms with Crippen molar-refractivity contribution in [2.24, 2.45) is 28.3 Å². The zero-order valence-electron chi connectivity index (χ0n) is 16.0. The third-order valence-corrected chi connectivity index (χ3v) is 8.03. The Kier molecular flexibility index (Phi) is 5.38. The summed E-state index contributed by atoms with van der Waals surface area (Å²) in [6, 6.07) is 3.63. The number of hydrogen-bond donors (Lipinski definition) is 2. The quantitative estimate of drug-likeness (QED) is 0.659. The van der Waals surface area contributed by atoms with Gasteiger partial charge in [-0.15, -0.1) is 0 Å². The number of carbonyl (C=O) groups excluding carboxylic acids is 2. The summed E-state index contributed by atoms with van der Waals surface area (Å²) in [5, 5.41) is 7.94. The number of esters is 1. The van der Waals surface area contributed by atoms with Crippen molar-refractivity contribution in [2.75, 3.05) is 13.2 Å². The molecule has 1 aromatic carbocycles. The third-order valence-electron chi connectivity index (χ3n) is 6.63. The number of rotatable bonds is 6. The summed E-state index contributed by atoms with van der Waals surface area (Å²) >= 11 is 5.81. The van der Waals surface area contributed by atoms with Gasteiger partial charge in [-0.3, -0.25) is 4.79 Å². The molecule has 29 heavy (non-hydrogen) atoms. The summed E-state index contributed by atoms with van der Waals surface area (Å²) in [5.41, 5.74) is 0.168. The Balaban J connectivity index is 1.31. The van der Waals surface area contributed by atoms with Crippen LogP contribution in [-0.2, 0) is 19.6 Å². The first kappa shape index (κ1) is 20.6. The van der Waals surface area contributed by atoms with Crippen molar-refractivity contribution in [1.82, 2.24) is 5.32 Å². The van der Waals surface area contributed by atoms with Gasteiger partial charge in [-0.2, -0.15) is 0 Å². The van der Waals surface area contributed by atoms with Crippen molar-refractivity contribution in [2.45, 2.75) is 43.4 Å². The molecule has 1 amide bonds. The first-order valence-electron chi connectivity index (χ1n) is 9.90. The van der Waals surface area contributed by atoms with E-state index in [0.29, 0.717) is 6.54 Å². The van der Waals surface area contributed by atoms with Gasteiger partial charge in [0.05, 0.1) is 10.6 Å². The fraction of sp³-hybridized carbons (Fsp3) is 0.600. The lowest BCUT2D eigenvalue weighted by Gasteiger charge is -2.56. The fourth-order valence-electron chi connectivity index (χ4n) is 5.91. The summed E-state index contributed by atoms with van der Waals surface area (Å²) in [6.45, 7) is 0.210. The molecule has 7 nitrogen and oxygen atoms in total. The van der Waals surface area contributed by atoms with Crippen molar-refractivity contribution in [3.8, 4) is 0 Å². The van der Waals surface area contributed by atoms with Gasteiger partial charge in [-0.1, -0.05) is 11.6 Å². The topological polar surface area (TPSA) is 116 Å². The maximum Gasteiger partial charge on any atom is 0.338 e. The molecule has 158 valence electrons. The Morgan fingerprint density at radius 1 is 1.14 bits per heavy atom. The number of sulfonamides is 1.